The largest absolute Gasteiger partial charge is 0.508 e. The number of phenolic OH excluding ortho intramolecular Hbond substituents is 1. The second-order valence-electron chi connectivity index (χ2n) is 13.5. The van der Waals surface area contributed by atoms with Gasteiger partial charge in [0.15, 0.2) is 0 Å². The first-order valence-corrected chi connectivity index (χ1v) is 17.2. The minimum atomic E-state index is -1.35. The van der Waals surface area contributed by atoms with E-state index in [4.69, 9.17) is 26.2 Å². The van der Waals surface area contributed by atoms with E-state index >= 15 is 4.79 Å². The normalized spacial score (nSPS) is 27.6. The molecule has 2 N–H and O–H groups in total. The zero-order valence-electron chi connectivity index (χ0n) is 27.4. The van der Waals surface area contributed by atoms with Crippen molar-refractivity contribution in [2.45, 2.75) is 32.6 Å². The molecule has 3 fully saturated rings. The van der Waals surface area contributed by atoms with Gasteiger partial charge in [0.1, 0.15) is 28.8 Å². The number of aromatic hydroxyl groups is 1. The number of amides is 4. The Kier molecular flexibility index (Phi) is 7.03. The fraction of sp³-hybridized carbons (Fsp3) is 0.361. The molecule has 4 amide bonds. The zero-order chi connectivity index (χ0) is 34.7. The van der Waals surface area contributed by atoms with Crippen molar-refractivity contribution in [3.8, 4) is 27.8 Å². The van der Waals surface area contributed by atoms with Crippen LogP contribution in [-0.2, 0) is 26.2 Å². The number of phenols is 1. The molecule has 0 radical (unpaired) electrons. The average Bonchev–Trinajstić information content (AvgIpc) is 3.75. The van der Waals surface area contributed by atoms with Gasteiger partial charge in [0.2, 0.25) is 23.6 Å². The highest BCUT2D eigenvalue weighted by molar-refractivity contribution is 7.22. The average molecular weight is 701 g/mol. The second kappa shape index (κ2) is 10.9. The number of allylic oxidation sites excluding steroid dienone is 2. The highest BCUT2D eigenvalue weighted by Crippen LogP contribution is 2.65. The predicted octanol–water partition coefficient (Wildman–Crippen LogP) is 5.50. The number of aromatic nitrogens is 2. The van der Waals surface area contributed by atoms with Crippen LogP contribution in [0.2, 0.25) is 5.02 Å². The van der Waals surface area contributed by atoms with Crippen molar-refractivity contribution in [3.05, 3.63) is 64.2 Å². The number of fused-ring (bicyclic) bond motifs is 5. The molecule has 2 aliphatic heterocycles. The third kappa shape index (κ3) is 4.29. The standard InChI is InChI=1S/C36H33ClN4O7S/c1-15-20-10-16(37)6-9-26(20)49-31(15)23-14-27(40(3)39-23)41-34(45)22-13-21-18(7-8-19-28(21)33(44)38-32(19)43)30(36(22,2)35(41)46)29-24(47-4)11-17(42)12-25(29)48-5/h6-7,9-12,14,19,21-22,28,30,42H,8,13H2,1-5H3,(H,38,43,44). The molecule has 8 rings (SSSR count). The number of benzene rings is 2. The van der Waals surface area contributed by atoms with Crippen LogP contribution in [0.5, 0.6) is 17.2 Å². The van der Waals surface area contributed by atoms with Gasteiger partial charge in [-0.25, -0.2) is 4.90 Å². The lowest BCUT2D eigenvalue weighted by molar-refractivity contribution is -0.131. The number of anilines is 1. The molecular formula is C36H33ClN4O7S. The third-order valence-electron chi connectivity index (χ3n) is 11.1. The maximum Gasteiger partial charge on any atom is 0.242 e. The summed E-state index contributed by atoms with van der Waals surface area (Å²) >= 11 is 7.85. The van der Waals surface area contributed by atoms with Crippen molar-refractivity contribution in [2.75, 3.05) is 19.1 Å². The monoisotopic (exact) mass is 700 g/mol. The Hall–Kier alpha value is -4.68. The van der Waals surface area contributed by atoms with Gasteiger partial charge in [0.25, 0.3) is 0 Å². The number of aryl methyl sites for hydroxylation is 2. The molecule has 0 spiro atoms. The predicted molar refractivity (Wildman–Crippen MR) is 183 cm³/mol. The van der Waals surface area contributed by atoms with Gasteiger partial charge in [-0.3, -0.25) is 29.2 Å². The number of nitrogens with zero attached hydrogens (tertiary/aromatic N) is 3. The Bertz CT molecular complexity index is 2160. The van der Waals surface area contributed by atoms with Gasteiger partial charge in [0.05, 0.1) is 42.3 Å². The van der Waals surface area contributed by atoms with Crippen LogP contribution >= 0.6 is 22.9 Å². The van der Waals surface area contributed by atoms with E-state index < -0.39 is 46.8 Å². The van der Waals surface area contributed by atoms with Crippen molar-refractivity contribution in [1.29, 1.82) is 0 Å². The van der Waals surface area contributed by atoms with Gasteiger partial charge in [-0.1, -0.05) is 23.3 Å². The first-order valence-electron chi connectivity index (χ1n) is 16.0. The van der Waals surface area contributed by atoms with Crippen LogP contribution in [0.4, 0.5) is 5.82 Å². The summed E-state index contributed by atoms with van der Waals surface area (Å²) in [6.07, 6.45) is 2.46. The lowest BCUT2D eigenvalue weighted by Gasteiger charge is -2.49. The van der Waals surface area contributed by atoms with E-state index in [0.29, 0.717) is 28.5 Å². The maximum atomic E-state index is 15.0. The molecule has 11 nitrogen and oxygen atoms in total. The van der Waals surface area contributed by atoms with Crippen LogP contribution in [0.3, 0.4) is 0 Å². The summed E-state index contributed by atoms with van der Waals surface area (Å²) in [7, 11) is 4.62. The molecule has 13 heteroatoms. The van der Waals surface area contributed by atoms with Gasteiger partial charge in [-0.15, -0.1) is 11.3 Å². The van der Waals surface area contributed by atoms with Crippen molar-refractivity contribution in [1.82, 2.24) is 15.1 Å². The molecule has 252 valence electrons. The van der Waals surface area contributed by atoms with E-state index in [0.717, 1.165) is 26.1 Å². The molecule has 2 aromatic carbocycles. The minimum Gasteiger partial charge on any atom is -0.508 e. The van der Waals surface area contributed by atoms with Crippen LogP contribution < -0.4 is 19.7 Å². The molecule has 6 atom stereocenters. The van der Waals surface area contributed by atoms with E-state index in [1.54, 1.807) is 36.1 Å². The highest BCUT2D eigenvalue weighted by atomic mass is 35.5. The maximum absolute atomic E-state index is 15.0. The first-order chi connectivity index (χ1) is 23.4. The summed E-state index contributed by atoms with van der Waals surface area (Å²) in [6.45, 7) is 3.78. The Morgan fingerprint density at radius 2 is 1.76 bits per heavy atom. The topological polar surface area (TPSA) is 140 Å². The molecule has 6 unspecified atom stereocenters. The van der Waals surface area contributed by atoms with Crippen LogP contribution in [0.15, 0.2) is 48.0 Å². The van der Waals surface area contributed by atoms with Crippen molar-refractivity contribution in [3.63, 3.8) is 0 Å². The lowest BCUT2D eigenvalue weighted by Crippen LogP contribution is -2.49. The zero-order valence-corrected chi connectivity index (χ0v) is 28.9. The summed E-state index contributed by atoms with van der Waals surface area (Å²) in [6, 6.07) is 10.4. The molecular weight excluding hydrogens is 668 g/mol. The smallest absolute Gasteiger partial charge is 0.242 e. The quantitative estimate of drug-likeness (QED) is 0.205. The summed E-state index contributed by atoms with van der Waals surface area (Å²) in [5, 5.41) is 19.4. The number of rotatable bonds is 5. The molecule has 4 aliphatic rings. The van der Waals surface area contributed by atoms with E-state index in [9.17, 15) is 19.5 Å². The minimum absolute atomic E-state index is 0.0957. The Balaban J connectivity index is 1.30. The molecule has 4 heterocycles. The Labute approximate surface area is 290 Å². The Morgan fingerprint density at radius 3 is 2.45 bits per heavy atom. The lowest BCUT2D eigenvalue weighted by atomic mass is 9.51. The van der Waals surface area contributed by atoms with Gasteiger partial charge in [-0.05, 0) is 61.8 Å². The van der Waals surface area contributed by atoms with Gasteiger partial charge in [-0.2, -0.15) is 5.10 Å². The van der Waals surface area contributed by atoms with E-state index in [1.165, 1.54) is 31.3 Å². The summed E-state index contributed by atoms with van der Waals surface area (Å²) in [5.74, 6) is -4.13. The van der Waals surface area contributed by atoms with Crippen LogP contribution in [0, 0.1) is 36.0 Å². The molecule has 2 saturated heterocycles. The number of nitrogens with one attached hydrogen (secondary N) is 1. The number of methoxy groups -OCH3 is 2. The van der Waals surface area contributed by atoms with Crippen molar-refractivity contribution in [2.24, 2.45) is 36.1 Å². The van der Waals surface area contributed by atoms with Crippen molar-refractivity contribution >= 4 is 62.5 Å². The summed E-state index contributed by atoms with van der Waals surface area (Å²) in [4.78, 5) is 58.0. The highest BCUT2D eigenvalue weighted by Gasteiger charge is 2.68. The SMILES string of the molecule is COc1cc(O)cc(OC)c1C1C2=CCC3C(=O)NC(=O)C3C2CC2C(=O)N(c3cc(-c4sc5ccc(Cl)cc5c4C)nn3C)C(=O)C21C. The van der Waals surface area contributed by atoms with Crippen LogP contribution in [0.1, 0.15) is 36.8 Å². The van der Waals surface area contributed by atoms with Crippen molar-refractivity contribution < 1.29 is 33.8 Å². The number of carbonyl (C=O) groups excluding carboxylic acids is 4. The van der Waals surface area contributed by atoms with Gasteiger partial charge < -0.3 is 14.6 Å². The fourth-order valence-corrected chi connectivity index (χ4v) is 10.2. The number of ether oxygens (including phenoxy) is 2. The molecule has 1 saturated carbocycles. The third-order valence-corrected chi connectivity index (χ3v) is 12.7. The number of hydrogen-bond donors (Lipinski definition) is 2. The molecule has 0 bridgehead atoms. The van der Waals surface area contributed by atoms with E-state index in [-0.39, 0.29) is 35.5 Å². The molecule has 2 aliphatic carbocycles. The summed E-state index contributed by atoms with van der Waals surface area (Å²) in [5.41, 5.74) is 1.53. The van der Waals surface area contributed by atoms with E-state index in [2.05, 4.69) is 5.32 Å². The summed E-state index contributed by atoms with van der Waals surface area (Å²) < 4.78 is 14.1. The van der Waals surface area contributed by atoms with Crippen LogP contribution in [-0.4, -0.2) is 52.7 Å². The molecule has 2 aromatic heterocycles. The molecule has 49 heavy (non-hydrogen) atoms. The number of carbonyl (C=O) groups is 4. The fourth-order valence-electron chi connectivity index (χ4n) is 8.88. The second-order valence-corrected chi connectivity index (χ2v) is 15.0. The first kappa shape index (κ1) is 31.6. The van der Waals surface area contributed by atoms with E-state index in [1.807, 2.05) is 31.2 Å². The number of imide groups is 2. The number of thiophene rings is 1. The van der Waals surface area contributed by atoms with Crippen LogP contribution in [0.25, 0.3) is 20.7 Å². The molecule has 4 aromatic rings. The number of halogens is 1. The number of hydrogen-bond acceptors (Lipinski definition) is 9. The van der Waals surface area contributed by atoms with Gasteiger partial charge >= 0.3 is 0 Å². The Morgan fingerprint density at radius 1 is 1.04 bits per heavy atom. The van der Waals surface area contributed by atoms with Gasteiger partial charge in [0, 0.05) is 46.5 Å².